The number of carboxylic acids is 1. The van der Waals surface area contributed by atoms with Crippen LogP contribution in [-0.2, 0) is 21.2 Å². The van der Waals surface area contributed by atoms with Gasteiger partial charge in [0, 0.05) is 30.5 Å². The molecule has 0 aliphatic heterocycles. The molecule has 0 bridgehead atoms. The molecule has 0 amide bonds. The summed E-state index contributed by atoms with van der Waals surface area (Å²) in [6, 6.07) is 6.83. The Morgan fingerprint density at radius 1 is 1.15 bits per heavy atom. The number of rotatable bonds is 11. The van der Waals surface area contributed by atoms with E-state index in [2.05, 4.69) is 4.98 Å². The van der Waals surface area contributed by atoms with Gasteiger partial charge in [0.1, 0.15) is 5.01 Å². The lowest BCUT2D eigenvalue weighted by Crippen LogP contribution is -2.32. The van der Waals surface area contributed by atoms with Crippen molar-refractivity contribution in [3.05, 3.63) is 35.3 Å². The summed E-state index contributed by atoms with van der Waals surface area (Å²) in [6.45, 7) is 4.98. The highest BCUT2D eigenvalue weighted by molar-refractivity contribution is 7.89. The average molecular weight is 411 g/mol. The van der Waals surface area contributed by atoms with Crippen LogP contribution in [0.3, 0.4) is 0 Å². The lowest BCUT2D eigenvalue weighted by atomic mass is 10.2. The van der Waals surface area contributed by atoms with Crippen LogP contribution in [0.4, 0.5) is 0 Å². The molecule has 2 aromatic rings. The first kappa shape index (κ1) is 21.5. The largest absolute Gasteiger partial charge is 0.481 e. The highest BCUT2D eigenvalue weighted by atomic mass is 32.2. The number of aromatic nitrogens is 1. The predicted molar refractivity (Wildman–Crippen MR) is 107 cm³/mol. The molecule has 0 aliphatic carbocycles. The Kier molecular flexibility index (Phi) is 7.94. The second-order valence-electron chi connectivity index (χ2n) is 6.32. The molecule has 2 rings (SSSR count). The van der Waals surface area contributed by atoms with E-state index in [1.54, 1.807) is 24.3 Å². The normalized spacial score (nSPS) is 11.8. The fourth-order valence-corrected chi connectivity index (χ4v) is 5.23. The summed E-state index contributed by atoms with van der Waals surface area (Å²) in [6.07, 6.45) is 2.87. The molecule has 6 nitrogen and oxygen atoms in total. The van der Waals surface area contributed by atoms with Crippen molar-refractivity contribution in [3.63, 3.8) is 0 Å². The third kappa shape index (κ3) is 5.85. The molecule has 1 aromatic heterocycles. The van der Waals surface area contributed by atoms with E-state index in [9.17, 15) is 13.2 Å². The summed E-state index contributed by atoms with van der Waals surface area (Å²) in [5.74, 6) is -0.803. The molecule has 0 atom stereocenters. The summed E-state index contributed by atoms with van der Waals surface area (Å²) in [5.41, 5.74) is 1.73. The summed E-state index contributed by atoms with van der Waals surface area (Å²) in [5, 5.41) is 11.4. The SMILES string of the molecule is CCCN(CCC)S(=O)(=O)c1ccc(-c2nc(CCCC(=O)O)cs2)cc1. The minimum atomic E-state index is -3.48. The fraction of sp³-hybridized carbons (Fsp3) is 0.474. The number of thiazole rings is 1. The number of nitrogens with zero attached hydrogens (tertiary/aromatic N) is 2. The lowest BCUT2D eigenvalue weighted by molar-refractivity contribution is -0.137. The van der Waals surface area contributed by atoms with Crippen LogP contribution in [-0.4, -0.2) is 41.9 Å². The van der Waals surface area contributed by atoms with Crippen molar-refractivity contribution in [3.8, 4) is 10.6 Å². The molecule has 0 unspecified atom stereocenters. The number of carboxylic acid groups (broad SMARTS) is 1. The second kappa shape index (κ2) is 9.96. The van der Waals surface area contributed by atoms with E-state index in [0.717, 1.165) is 29.1 Å². The van der Waals surface area contributed by atoms with E-state index >= 15 is 0 Å². The predicted octanol–water partition coefficient (Wildman–Crippen LogP) is 4.03. The van der Waals surface area contributed by atoms with E-state index in [4.69, 9.17) is 5.11 Å². The minimum Gasteiger partial charge on any atom is -0.481 e. The molecule has 0 spiro atoms. The van der Waals surface area contributed by atoms with Crippen molar-refractivity contribution >= 4 is 27.3 Å². The Balaban J connectivity index is 2.12. The van der Waals surface area contributed by atoms with Crippen molar-refractivity contribution in [2.45, 2.75) is 50.8 Å². The van der Waals surface area contributed by atoms with Crippen molar-refractivity contribution in [1.82, 2.24) is 9.29 Å². The van der Waals surface area contributed by atoms with Gasteiger partial charge in [-0.2, -0.15) is 4.31 Å². The third-order valence-corrected chi connectivity index (χ3v) is 6.91. The van der Waals surface area contributed by atoms with Gasteiger partial charge in [-0.25, -0.2) is 13.4 Å². The number of hydrogen-bond donors (Lipinski definition) is 1. The topological polar surface area (TPSA) is 87.6 Å². The highest BCUT2D eigenvalue weighted by Gasteiger charge is 2.23. The first-order chi connectivity index (χ1) is 12.9. The maximum atomic E-state index is 12.8. The Labute approximate surface area is 164 Å². The molecular formula is C19H26N2O4S2. The summed E-state index contributed by atoms with van der Waals surface area (Å²) in [4.78, 5) is 15.4. The standard InChI is InChI=1S/C19H26N2O4S2/c1-3-12-21(13-4-2)27(24,25)17-10-8-15(9-11-17)19-20-16(14-26-19)6-5-7-18(22)23/h8-11,14H,3-7,12-13H2,1-2H3,(H,22,23). The average Bonchev–Trinajstić information content (AvgIpc) is 3.10. The Morgan fingerprint density at radius 3 is 2.33 bits per heavy atom. The van der Waals surface area contributed by atoms with E-state index < -0.39 is 16.0 Å². The number of sulfonamides is 1. The van der Waals surface area contributed by atoms with E-state index in [-0.39, 0.29) is 6.42 Å². The second-order valence-corrected chi connectivity index (χ2v) is 9.12. The molecular weight excluding hydrogens is 384 g/mol. The molecule has 0 radical (unpaired) electrons. The zero-order valence-corrected chi connectivity index (χ0v) is 17.4. The zero-order chi connectivity index (χ0) is 19.9. The molecule has 27 heavy (non-hydrogen) atoms. The molecule has 0 saturated carbocycles. The van der Waals surface area contributed by atoms with Crippen molar-refractivity contribution in [2.24, 2.45) is 0 Å². The van der Waals surface area contributed by atoms with Crippen LogP contribution in [0.2, 0.25) is 0 Å². The van der Waals surface area contributed by atoms with Crippen LogP contribution >= 0.6 is 11.3 Å². The van der Waals surface area contributed by atoms with Gasteiger partial charge >= 0.3 is 5.97 Å². The smallest absolute Gasteiger partial charge is 0.303 e. The number of carbonyl (C=O) groups is 1. The Hall–Kier alpha value is -1.77. The van der Waals surface area contributed by atoms with Crippen LogP contribution in [0.5, 0.6) is 0 Å². The van der Waals surface area contributed by atoms with Gasteiger partial charge in [0.05, 0.1) is 10.6 Å². The number of aliphatic carboxylic acids is 1. The Morgan fingerprint density at radius 2 is 1.78 bits per heavy atom. The van der Waals surface area contributed by atoms with Crippen LogP contribution in [0, 0.1) is 0 Å². The number of benzene rings is 1. The first-order valence-corrected chi connectivity index (χ1v) is 11.5. The lowest BCUT2D eigenvalue weighted by Gasteiger charge is -2.21. The van der Waals surface area contributed by atoms with Crippen LogP contribution in [0.25, 0.3) is 10.6 Å². The van der Waals surface area contributed by atoms with Gasteiger partial charge in [0.15, 0.2) is 0 Å². The number of aryl methyl sites for hydroxylation is 1. The molecule has 1 heterocycles. The quantitative estimate of drug-likeness (QED) is 0.604. The maximum absolute atomic E-state index is 12.8. The van der Waals surface area contributed by atoms with Gasteiger partial charge in [-0.1, -0.05) is 26.0 Å². The zero-order valence-electron chi connectivity index (χ0n) is 15.7. The van der Waals surface area contributed by atoms with E-state index in [0.29, 0.717) is 30.8 Å². The molecule has 0 saturated heterocycles. The summed E-state index contributed by atoms with van der Waals surface area (Å²) < 4.78 is 27.1. The van der Waals surface area contributed by atoms with Crippen LogP contribution in [0.1, 0.15) is 45.2 Å². The molecule has 0 aliphatic rings. The monoisotopic (exact) mass is 410 g/mol. The highest BCUT2D eigenvalue weighted by Crippen LogP contribution is 2.26. The van der Waals surface area contributed by atoms with Crippen molar-refractivity contribution in [2.75, 3.05) is 13.1 Å². The Bertz CT molecular complexity index is 839. The molecule has 1 aromatic carbocycles. The van der Waals surface area contributed by atoms with Gasteiger partial charge in [-0.05, 0) is 37.8 Å². The number of hydrogen-bond acceptors (Lipinski definition) is 5. The van der Waals surface area contributed by atoms with E-state index in [1.165, 1.54) is 15.6 Å². The molecule has 148 valence electrons. The fourth-order valence-electron chi connectivity index (χ4n) is 2.74. The van der Waals surface area contributed by atoms with Crippen molar-refractivity contribution < 1.29 is 18.3 Å². The van der Waals surface area contributed by atoms with Gasteiger partial charge in [-0.15, -0.1) is 11.3 Å². The van der Waals surface area contributed by atoms with E-state index in [1.807, 2.05) is 19.2 Å². The molecule has 1 N–H and O–H groups in total. The van der Waals surface area contributed by atoms with Gasteiger partial charge < -0.3 is 5.11 Å². The van der Waals surface area contributed by atoms with Gasteiger partial charge in [0.2, 0.25) is 10.0 Å². The summed E-state index contributed by atoms with van der Waals surface area (Å²) in [7, 11) is -3.48. The van der Waals surface area contributed by atoms with Crippen molar-refractivity contribution in [1.29, 1.82) is 0 Å². The van der Waals surface area contributed by atoms with Crippen LogP contribution in [0.15, 0.2) is 34.5 Å². The van der Waals surface area contributed by atoms with Gasteiger partial charge in [0.25, 0.3) is 0 Å². The molecule has 0 fully saturated rings. The van der Waals surface area contributed by atoms with Crippen LogP contribution < -0.4 is 0 Å². The van der Waals surface area contributed by atoms with Gasteiger partial charge in [-0.3, -0.25) is 4.79 Å². The molecule has 8 heteroatoms. The maximum Gasteiger partial charge on any atom is 0.303 e. The third-order valence-electron chi connectivity index (χ3n) is 4.06. The first-order valence-electron chi connectivity index (χ1n) is 9.15. The minimum absolute atomic E-state index is 0.130. The summed E-state index contributed by atoms with van der Waals surface area (Å²) >= 11 is 1.48.